The summed E-state index contributed by atoms with van der Waals surface area (Å²) in [6.07, 6.45) is 0.327. The van der Waals surface area contributed by atoms with Gasteiger partial charge in [0.25, 0.3) is 0 Å². The normalized spacial score (nSPS) is 10.3. The second-order valence-electron chi connectivity index (χ2n) is 3.70. The zero-order valence-corrected chi connectivity index (χ0v) is 10.7. The van der Waals surface area contributed by atoms with Crippen LogP contribution in [0.4, 0.5) is 0 Å². The van der Waals surface area contributed by atoms with Crippen molar-refractivity contribution in [1.29, 1.82) is 0 Å². The van der Waals surface area contributed by atoms with Gasteiger partial charge >= 0.3 is 5.97 Å². The van der Waals surface area contributed by atoms with Crippen molar-refractivity contribution in [3.8, 4) is 0 Å². The fraction of sp³-hybridized carbons (Fsp3) is 0.818. The Morgan fingerprint density at radius 2 is 1.81 bits per heavy atom. The predicted octanol–water partition coefficient (Wildman–Crippen LogP) is 0.350. The van der Waals surface area contributed by atoms with Crippen LogP contribution in [-0.4, -0.2) is 62.0 Å². The van der Waals surface area contributed by atoms with Gasteiger partial charge in [-0.05, 0) is 20.9 Å². The highest BCUT2D eigenvalue weighted by molar-refractivity contribution is 5.78. The van der Waals surface area contributed by atoms with Crippen LogP contribution in [0.3, 0.4) is 0 Å². The summed E-state index contributed by atoms with van der Waals surface area (Å²) in [6, 6.07) is 0. The van der Waals surface area contributed by atoms with Crippen LogP contribution in [0.2, 0.25) is 0 Å². The molecule has 0 aromatic heterocycles. The molecule has 0 aromatic rings. The van der Waals surface area contributed by atoms with Crippen LogP contribution in [0.1, 0.15) is 20.3 Å². The molecule has 16 heavy (non-hydrogen) atoms. The van der Waals surface area contributed by atoms with Crippen LogP contribution < -0.4 is 0 Å². The van der Waals surface area contributed by atoms with Crippen molar-refractivity contribution in [3.63, 3.8) is 0 Å². The standard InChI is InChI=1S/C11H22N2O3/c1-5-13(4)10(14)9-12(3)8-7-11(15)16-6-2/h5-9H2,1-4H3. The zero-order chi connectivity index (χ0) is 12.6. The lowest BCUT2D eigenvalue weighted by Gasteiger charge is -2.20. The zero-order valence-electron chi connectivity index (χ0n) is 10.7. The summed E-state index contributed by atoms with van der Waals surface area (Å²) in [4.78, 5) is 26.1. The molecule has 5 heteroatoms. The molecule has 0 unspecified atom stereocenters. The minimum Gasteiger partial charge on any atom is -0.466 e. The Bertz CT molecular complexity index is 231. The number of esters is 1. The van der Waals surface area contributed by atoms with Gasteiger partial charge in [0.2, 0.25) is 5.91 Å². The number of carbonyl (C=O) groups excluding carboxylic acids is 2. The van der Waals surface area contributed by atoms with Crippen molar-refractivity contribution in [1.82, 2.24) is 9.80 Å². The number of carbonyl (C=O) groups is 2. The first-order valence-corrected chi connectivity index (χ1v) is 5.59. The highest BCUT2D eigenvalue weighted by atomic mass is 16.5. The Labute approximate surface area is 97.3 Å². The maximum Gasteiger partial charge on any atom is 0.307 e. The molecule has 0 atom stereocenters. The highest BCUT2D eigenvalue weighted by Gasteiger charge is 2.11. The number of likely N-dealkylation sites (N-methyl/N-ethyl adjacent to an activating group) is 2. The second-order valence-corrected chi connectivity index (χ2v) is 3.70. The Morgan fingerprint density at radius 3 is 2.31 bits per heavy atom. The maximum absolute atomic E-state index is 11.5. The molecular formula is C11H22N2O3. The molecule has 94 valence electrons. The van der Waals surface area contributed by atoms with Gasteiger partial charge in [0.05, 0.1) is 19.6 Å². The van der Waals surface area contributed by atoms with Gasteiger partial charge in [-0.1, -0.05) is 0 Å². The van der Waals surface area contributed by atoms with Crippen molar-refractivity contribution in [2.24, 2.45) is 0 Å². The Balaban J connectivity index is 3.77. The molecule has 0 aromatic carbocycles. The predicted molar refractivity (Wildman–Crippen MR) is 62.1 cm³/mol. The smallest absolute Gasteiger partial charge is 0.307 e. The van der Waals surface area contributed by atoms with Crippen LogP contribution in [0, 0.1) is 0 Å². The summed E-state index contributed by atoms with van der Waals surface area (Å²) in [5.41, 5.74) is 0. The topological polar surface area (TPSA) is 49.9 Å². The molecule has 0 heterocycles. The SMILES string of the molecule is CCOC(=O)CCN(C)CC(=O)N(C)CC. The van der Waals surface area contributed by atoms with Gasteiger partial charge in [-0.3, -0.25) is 14.5 Å². The van der Waals surface area contributed by atoms with E-state index in [0.29, 0.717) is 32.7 Å². The van der Waals surface area contributed by atoms with Gasteiger partial charge in [0.15, 0.2) is 0 Å². The molecule has 0 spiro atoms. The van der Waals surface area contributed by atoms with E-state index < -0.39 is 0 Å². The molecule has 0 bridgehead atoms. The van der Waals surface area contributed by atoms with Crippen molar-refractivity contribution in [2.75, 3.05) is 40.3 Å². The summed E-state index contributed by atoms with van der Waals surface area (Å²) in [5.74, 6) is -0.153. The lowest BCUT2D eigenvalue weighted by Crippen LogP contribution is -2.37. The lowest BCUT2D eigenvalue weighted by molar-refractivity contribution is -0.143. The molecule has 0 aliphatic rings. The molecule has 0 aliphatic heterocycles. The van der Waals surface area contributed by atoms with Crippen LogP contribution in [0.15, 0.2) is 0 Å². The number of hydrogen-bond acceptors (Lipinski definition) is 4. The van der Waals surface area contributed by atoms with E-state index in [1.54, 1.807) is 18.9 Å². The Hall–Kier alpha value is -1.10. The summed E-state index contributed by atoms with van der Waals surface area (Å²) >= 11 is 0. The molecule has 1 amide bonds. The molecule has 5 nitrogen and oxygen atoms in total. The van der Waals surface area contributed by atoms with Gasteiger partial charge in [0, 0.05) is 20.1 Å². The average Bonchev–Trinajstić information content (AvgIpc) is 2.25. The molecule has 0 radical (unpaired) electrons. The van der Waals surface area contributed by atoms with E-state index in [2.05, 4.69) is 0 Å². The summed E-state index contributed by atoms with van der Waals surface area (Å²) in [7, 11) is 3.59. The number of ether oxygens (including phenoxy) is 1. The third-order valence-corrected chi connectivity index (χ3v) is 2.31. The van der Waals surface area contributed by atoms with E-state index in [9.17, 15) is 9.59 Å². The van der Waals surface area contributed by atoms with Gasteiger partial charge in [-0.2, -0.15) is 0 Å². The number of amides is 1. The first kappa shape index (κ1) is 14.9. The quantitative estimate of drug-likeness (QED) is 0.592. The third kappa shape index (κ3) is 6.40. The van der Waals surface area contributed by atoms with Crippen LogP contribution >= 0.6 is 0 Å². The summed E-state index contributed by atoms with van der Waals surface area (Å²) < 4.78 is 4.80. The number of nitrogens with zero attached hydrogens (tertiary/aromatic N) is 2. The van der Waals surface area contributed by atoms with Crippen LogP contribution in [0.5, 0.6) is 0 Å². The molecule has 0 rings (SSSR count). The lowest BCUT2D eigenvalue weighted by atomic mass is 10.4. The Kier molecular flexibility index (Phi) is 7.54. The van der Waals surface area contributed by atoms with E-state index in [1.165, 1.54) is 0 Å². The van der Waals surface area contributed by atoms with Gasteiger partial charge in [-0.25, -0.2) is 0 Å². The van der Waals surface area contributed by atoms with Crippen molar-refractivity contribution >= 4 is 11.9 Å². The first-order chi connectivity index (χ1) is 7.51. The largest absolute Gasteiger partial charge is 0.466 e. The van der Waals surface area contributed by atoms with Gasteiger partial charge in [0.1, 0.15) is 0 Å². The molecule has 0 saturated carbocycles. The number of rotatable bonds is 7. The molecular weight excluding hydrogens is 208 g/mol. The first-order valence-electron chi connectivity index (χ1n) is 5.59. The van der Waals surface area contributed by atoms with E-state index in [0.717, 1.165) is 0 Å². The minimum atomic E-state index is -0.217. The number of hydrogen-bond donors (Lipinski definition) is 0. The van der Waals surface area contributed by atoms with Crippen LogP contribution in [0.25, 0.3) is 0 Å². The second kappa shape index (κ2) is 8.10. The van der Waals surface area contributed by atoms with E-state index in [-0.39, 0.29) is 11.9 Å². The van der Waals surface area contributed by atoms with Crippen molar-refractivity contribution in [2.45, 2.75) is 20.3 Å². The van der Waals surface area contributed by atoms with E-state index in [4.69, 9.17) is 4.74 Å². The highest BCUT2D eigenvalue weighted by Crippen LogP contribution is 1.93. The molecule has 0 aliphatic carbocycles. The van der Waals surface area contributed by atoms with Gasteiger partial charge < -0.3 is 9.64 Å². The maximum atomic E-state index is 11.5. The van der Waals surface area contributed by atoms with Crippen molar-refractivity contribution in [3.05, 3.63) is 0 Å². The van der Waals surface area contributed by atoms with Gasteiger partial charge in [-0.15, -0.1) is 0 Å². The fourth-order valence-electron chi connectivity index (χ4n) is 1.12. The molecule has 0 fully saturated rings. The van der Waals surface area contributed by atoms with E-state index in [1.807, 2.05) is 18.9 Å². The summed E-state index contributed by atoms with van der Waals surface area (Å²) in [5, 5.41) is 0. The molecule has 0 N–H and O–H groups in total. The monoisotopic (exact) mass is 230 g/mol. The Morgan fingerprint density at radius 1 is 1.19 bits per heavy atom. The minimum absolute atomic E-state index is 0.0638. The fourth-order valence-corrected chi connectivity index (χ4v) is 1.12. The van der Waals surface area contributed by atoms with E-state index >= 15 is 0 Å². The molecule has 0 saturated heterocycles. The summed E-state index contributed by atoms with van der Waals surface area (Å²) in [6.45, 7) is 5.69. The van der Waals surface area contributed by atoms with Crippen molar-refractivity contribution < 1.29 is 14.3 Å². The van der Waals surface area contributed by atoms with Crippen LogP contribution in [-0.2, 0) is 14.3 Å². The average molecular weight is 230 g/mol. The third-order valence-electron chi connectivity index (χ3n) is 2.31.